The van der Waals surface area contributed by atoms with Crippen molar-refractivity contribution in [2.75, 3.05) is 32.7 Å². The van der Waals surface area contributed by atoms with Crippen LogP contribution >= 0.6 is 11.3 Å². The van der Waals surface area contributed by atoms with Crippen molar-refractivity contribution in [1.82, 2.24) is 4.98 Å². The van der Waals surface area contributed by atoms with Gasteiger partial charge < -0.3 is 15.2 Å². The number of anilines is 1. The number of nitrogens with two attached hydrogens (primary N) is 1. The van der Waals surface area contributed by atoms with E-state index in [4.69, 9.17) is 15.2 Å². The van der Waals surface area contributed by atoms with E-state index in [1.165, 1.54) is 11.3 Å². The first-order valence-corrected chi connectivity index (χ1v) is 4.91. The Morgan fingerprint density at radius 2 is 2.31 bits per heavy atom. The third-order valence-corrected chi connectivity index (χ3v) is 2.38. The first-order chi connectivity index (χ1) is 6.33. The molecule has 13 heavy (non-hydrogen) atoms. The molecule has 0 spiro atoms. The van der Waals surface area contributed by atoms with Crippen molar-refractivity contribution in [3.63, 3.8) is 0 Å². The highest BCUT2D eigenvalue weighted by molar-refractivity contribution is 7.15. The Balaban J connectivity index is 2.06. The third-order valence-electron chi connectivity index (χ3n) is 1.50. The monoisotopic (exact) mass is 202 g/mol. The lowest BCUT2D eigenvalue weighted by Gasteiger charge is -2.00. The van der Waals surface area contributed by atoms with Crippen molar-refractivity contribution in [1.29, 1.82) is 0 Å². The van der Waals surface area contributed by atoms with E-state index in [1.54, 1.807) is 13.3 Å². The summed E-state index contributed by atoms with van der Waals surface area (Å²) >= 11 is 1.51. The minimum Gasteiger partial charge on any atom is -0.382 e. The van der Waals surface area contributed by atoms with Gasteiger partial charge in [0, 0.05) is 24.6 Å². The van der Waals surface area contributed by atoms with Gasteiger partial charge in [-0.1, -0.05) is 0 Å². The predicted molar refractivity (Wildman–Crippen MR) is 52.9 cm³/mol. The second kappa shape index (κ2) is 5.90. The minimum absolute atomic E-state index is 0.617. The zero-order valence-corrected chi connectivity index (χ0v) is 8.47. The van der Waals surface area contributed by atoms with Gasteiger partial charge in [0.05, 0.1) is 19.8 Å². The van der Waals surface area contributed by atoms with Crippen LogP contribution in [-0.2, 0) is 15.9 Å². The van der Waals surface area contributed by atoms with Crippen LogP contribution in [0.5, 0.6) is 0 Å². The molecular weight excluding hydrogens is 188 g/mol. The van der Waals surface area contributed by atoms with Crippen molar-refractivity contribution in [3.05, 3.63) is 11.1 Å². The number of nitrogen functional groups attached to an aromatic ring is 1. The van der Waals surface area contributed by atoms with E-state index in [0.717, 1.165) is 11.3 Å². The molecule has 74 valence electrons. The molecule has 2 N–H and O–H groups in total. The fourth-order valence-electron chi connectivity index (χ4n) is 0.855. The van der Waals surface area contributed by atoms with Crippen molar-refractivity contribution >= 4 is 16.5 Å². The van der Waals surface area contributed by atoms with E-state index in [-0.39, 0.29) is 0 Å². The van der Waals surface area contributed by atoms with E-state index in [1.807, 2.05) is 0 Å². The van der Waals surface area contributed by atoms with Gasteiger partial charge in [0.2, 0.25) is 0 Å². The van der Waals surface area contributed by atoms with Gasteiger partial charge in [0.1, 0.15) is 0 Å². The normalized spacial score (nSPS) is 10.5. The highest BCUT2D eigenvalue weighted by Gasteiger charge is 1.97. The van der Waals surface area contributed by atoms with Gasteiger partial charge in [-0.2, -0.15) is 0 Å². The SMILES string of the molecule is COCCOCCc1cnc(N)s1. The molecule has 0 radical (unpaired) electrons. The van der Waals surface area contributed by atoms with Crippen LogP contribution in [0.25, 0.3) is 0 Å². The molecule has 0 fully saturated rings. The third kappa shape index (κ3) is 4.21. The molecule has 0 atom stereocenters. The molecule has 0 saturated heterocycles. The van der Waals surface area contributed by atoms with Gasteiger partial charge in [0.15, 0.2) is 5.13 Å². The summed E-state index contributed by atoms with van der Waals surface area (Å²) in [5.74, 6) is 0. The first kappa shape index (κ1) is 10.4. The van der Waals surface area contributed by atoms with Crippen LogP contribution in [0.4, 0.5) is 5.13 Å². The summed E-state index contributed by atoms with van der Waals surface area (Å²) in [5.41, 5.74) is 5.48. The summed E-state index contributed by atoms with van der Waals surface area (Å²) in [6, 6.07) is 0. The molecule has 0 amide bonds. The van der Waals surface area contributed by atoms with Crippen molar-refractivity contribution in [3.8, 4) is 0 Å². The van der Waals surface area contributed by atoms with E-state index in [0.29, 0.717) is 25.0 Å². The highest BCUT2D eigenvalue weighted by atomic mass is 32.1. The van der Waals surface area contributed by atoms with Crippen LogP contribution in [0.3, 0.4) is 0 Å². The van der Waals surface area contributed by atoms with Gasteiger partial charge in [-0.05, 0) is 0 Å². The Bertz CT molecular complexity index is 240. The molecule has 0 aliphatic carbocycles. The van der Waals surface area contributed by atoms with Gasteiger partial charge in [-0.25, -0.2) is 4.98 Å². The number of thiazole rings is 1. The molecule has 4 nitrogen and oxygen atoms in total. The summed E-state index contributed by atoms with van der Waals surface area (Å²) < 4.78 is 10.1. The Kier molecular flexibility index (Phi) is 4.74. The molecule has 0 aliphatic rings. The van der Waals surface area contributed by atoms with Crippen molar-refractivity contribution in [2.24, 2.45) is 0 Å². The molecule has 1 aromatic rings. The molecule has 5 heteroatoms. The zero-order chi connectivity index (χ0) is 9.52. The van der Waals surface area contributed by atoms with E-state index < -0.39 is 0 Å². The summed E-state index contributed by atoms with van der Waals surface area (Å²) in [7, 11) is 1.66. The van der Waals surface area contributed by atoms with Gasteiger partial charge in [-0.15, -0.1) is 11.3 Å². The van der Waals surface area contributed by atoms with Gasteiger partial charge in [0.25, 0.3) is 0 Å². The van der Waals surface area contributed by atoms with Crippen LogP contribution < -0.4 is 5.73 Å². The second-order valence-electron chi connectivity index (χ2n) is 2.52. The maximum absolute atomic E-state index is 5.48. The summed E-state index contributed by atoms with van der Waals surface area (Å²) in [6.07, 6.45) is 2.66. The fourth-order valence-corrected chi connectivity index (χ4v) is 1.52. The average molecular weight is 202 g/mol. The lowest BCUT2D eigenvalue weighted by atomic mass is 10.4. The predicted octanol–water partition coefficient (Wildman–Crippen LogP) is 0.931. The summed E-state index contributed by atoms with van der Waals surface area (Å²) in [4.78, 5) is 5.11. The average Bonchev–Trinajstić information content (AvgIpc) is 2.51. The van der Waals surface area contributed by atoms with Crippen LogP contribution in [0.15, 0.2) is 6.20 Å². The topological polar surface area (TPSA) is 57.4 Å². The van der Waals surface area contributed by atoms with E-state index in [9.17, 15) is 0 Å². The zero-order valence-electron chi connectivity index (χ0n) is 7.66. The molecule has 0 aliphatic heterocycles. The fraction of sp³-hybridized carbons (Fsp3) is 0.625. The second-order valence-corrected chi connectivity index (χ2v) is 3.67. The molecule has 0 bridgehead atoms. The number of rotatable bonds is 6. The number of methoxy groups -OCH3 is 1. The standard InChI is InChI=1S/C8H14N2O2S/c1-11-4-5-12-3-2-7-6-10-8(9)13-7/h6H,2-5H2,1H3,(H2,9,10). The van der Waals surface area contributed by atoms with Crippen LogP contribution in [-0.4, -0.2) is 31.9 Å². The molecule has 0 unspecified atom stereocenters. The molecule has 1 aromatic heterocycles. The van der Waals surface area contributed by atoms with Crippen LogP contribution in [0.2, 0.25) is 0 Å². The molecular formula is C8H14N2O2S. The quantitative estimate of drug-likeness (QED) is 0.697. The number of hydrogen-bond donors (Lipinski definition) is 1. The lowest BCUT2D eigenvalue weighted by Crippen LogP contribution is -2.04. The van der Waals surface area contributed by atoms with E-state index in [2.05, 4.69) is 4.98 Å². The lowest BCUT2D eigenvalue weighted by molar-refractivity contribution is 0.0725. The Morgan fingerprint density at radius 3 is 2.92 bits per heavy atom. The number of nitrogens with zero attached hydrogens (tertiary/aromatic N) is 1. The minimum atomic E-state index is 0.617. The number of ether oxygens (including phenoxy) is 2. The largest absolute Gasteiger partial charge is 0.382 e. The molecule has 1 heterocycles. The van der Waals surface area contributed by atoms with Gasteiger partial charge >= 0.3 is 0 Å². The number of aromatic nitrogens is 1. The Hall–Kier alpha value is -0.650. The summed E-state index contributed by atoms with van der Waals surface area (Å²) in [5, 5.41) is 0.617. The maximum Gasteiger partial charge on any atom is 0.180 e. The first-order valence-electron chi connectivity index (χ1n) is 4.10. The number of hydrogen-bond acceptors (Lipinski definition) is 5. The maximum atomic E-state index is 5.48. The molecule has 1 rings (SSSR count). The van der Waals surface area contributed by atoms with E-state index >= 15 is 0 Å². The summed E-state index contributed by atoms with van der Waals surface area (Å²) in [6.45, 7) is 1.99. The van der Waals surface area contributed by atoms with Gasteiger partial charge in [-0.3, -0.25) is 0 Å². The smallest absolute Gasteiger partial charge is 0.180 e. The van der Waals surface area contributed by atoms with Crippen molar-refractivity contribution in [2.45, 2.75) is 6.42 Å². The molecule has 0 aromatic carbocycles. The highest BCUT2D eigenvalue weighted by Crippen LogP contribution is 2.14. The van der Waals surface area contributed by atoms with Crippen molar-refractivity contribution < 1.29 is 9.47 Å². The Morgan fingerprint density at radius 1 is 1.46 bits per heavy atom. The van der Waals surface area contributed by atoms with Crippen LogP contribution in [0, 0.1) is 0 Å². The van der Waals surface area contributed by atoms with Crippen LogP contribution in [0.1, 0.15) is 4.88 Å². The Labute approximate surface area is 81.7 Å². The molecule has 0 saturated carbocycles.